The number of aliphatic carboxylic acids is 1. The summed E-state index contributed by atoms with van der Waals surface area (Å²) in [7, 11) is 2.07. The van der Waals surface area contributed by atoms with E-state index in [0.717, 1.165) is 19.5 Å². The maximum Gasteiger partial charge on any atom is 0.326 e. The van der Waals surface area contributed by atoms with Gasteiger partial charge in [-0.2, -0.15) is 0 Å². The van der Waals surface area contributed by atoms with Crippen molar-refractivity contribution in [1.82, 2.24) is 15.5 Å². The second kappa shape index (κ2) is 7.47. The highest BCUT2D eigenvalue weighted by molar-refractivity contribution is 5.82. The van der Waals surface area contributed by atoms with Gasteiger partial charge >= 0.3 is 12.0 Å². The number of nitrogens with one attached hydrogen (secondary N) is 2. The highest BCUT2D eigenvalue weighted by Crippen LogP contribution is 2.15. The quantitative estimate of drug-likeness (QED) is 0.707. The molecule has 1 heterocycles. The summed E-state index contributed by atoms with van der Waals surface area (Å²) in [6.45, 7) is 7.74. The number of carbonyl (C=O) groups excluding carboxylic acids is 1. The average Bonchev–Trinajstić information content (AvgIpc) is 2.38. The van der Waals surface area contributed by atoms with Crippen LogP contribution in [0.2, 0.25) is 0 Å². The fourth-order valence-electron chi connectivity index (χ4n) is 2.60. The summed E-state index contributed by atoms with van der Waals surface area (Å²) in [4.78, 5) is 25.4. The van der Waals surface area contributed by atoms with Crippen LogP contribution in [0.25, 0.3) is 0 Å². The van der Waals surface area contributed by atoms with Crippen molar-refractivity contribution in [3.05, 3.63) is 0 Å². The molecular formula is C14H27N3O3. The van der Waals surface area contributed by atoms with Crippen LogP contribution in [0.5, 0.6) is 0 Å². The number of carboxylic acids is 1. The molecule has 2 amide bonds. The van der Waals surface area contributed by atoms with Gasteiger partial charge in [-0.1, -0.05) is 27.2 Å². The van der Waals surface area contributed by atoms with Crippen molar-refractivity contribution in [3.8, 4) is 0 Å². The van der Waals surface area contributed by atoms with Crippen LogP contribution >= 0.6 is 0 Å². The van der Waals surface area contributed by atoms with E-state index in [1.807, 2.05) is 13.8 Å². The molecular weight excluding hydrogens is 258 g/mol. The summed E-state index contributed by atoms with van der Waals surface area (Å²) in [6, 6.07) is -1.10. The van der Waals surface area contributed by atoms with Crippen LogP contribution in [0, 0.1) is 11.8 Å². The maximum absolute atomic E-state index is 12.0. The van der Waals surface area contributed by atoms with Gasteiger partial charge in [0.15, 0.2) is 0 Å². The van der Waals surface area contributed by atoms with Gasteiger partial charge in [-0.3, -0.25) is 0 Å². The minimum absolute atomic E-state index is 0.0897. The lowest BCUT2D eigenvalue weighted by molar-refractivity contribution is -0.140. The van der Waals surface area contributed by atoms with Gasteiger partial charge in [0.2, 0.25) is 0 Å². The Morgan fingerprint density at radius 2 is 2.10 bits per heavy atom. The molecule has 0 aromatic rings. The van der Waals surface area contributed by atoms with Crippen LogP contribution in [-0.4, -0.2) is 54.2 Å². The molecule has 4 atom stereocenters. The zero-order valence-corrected chi connectivity index (χ0v) is 12.8. The Hall–Kier alpha value is -1.30. The van der Waals surface area contributed by atoms with Crippen LogP contribution < -0.4 is 10.6 Å². The molecule has 1 aliphatic heterocycles. The molecule has 1 saturated heterocycles. The highest BCUT2D eigenvalue weighted by Gasteiger charge is 2.29. The molecule has 1 aliphatic rings. The first-order valence-electron chi connectivity index (χ1n) is 7.33. The van der Waals surface area contributed by atoms with E-state index in [1.54, 1.807) is 0 Å². The molecule has 0 saturated carbocycles. The van der Waals surface area contributed by atoms with Gasteiger partial charge in [-0.25, -0.2) is 9.59 Å². The fourth-order valence-corrected chi connectivity index (χ4v) is 2.60. The van der Waals surface area contributed by atoms with Crippen molar-refractivity contribution in [2.75, 3.05) is 20.1 Å². The molecule has 0 radical (unpaired) electrons. The second-order valence-electron chi connectivity index (χ2n) is 5.95. The summed E-state index contributed by atoms with van der Waals surface area (Å²) in [5.74, 6) is -0.703. The summed E-state index contributed by atoms with van der Waals surface area (Å²) in [5.41, 5.74) is 0. The number of rotatable bonds is 5. The number of likely N-dealkylation sites (tertiary alicyclic amines) is 1. The first-order chi connectivity index (χ1) is 9.35. The van der Waals surface area contributed by atoms with Crippen molar-refractivity contribution >= 4 is 12.0 Å². The molecule has 0 spiro atoms. The van der Waals surface area contributed by atoms with E-state index in [-0.39, 0.29) is 18.0 Å². The first-order valence-corrected chi connectivity index (χ1v) is 7.33. The third-order valence-corrected chi connectivity index (χ3v) is 4.19. The maximum atomic E-state index is 12.0. The van der Waals surface area contributed by atoms with Gasteiger partial charge in [-0.05, 0) is 31.8 Å². The number of carbonyl (C=O) groups is 2. The highest BCUT2D eigenvalue weighted by atomic mass is 16.4. The monoisotopic (exact) mass is 285 g/mol. The third-order valence-electron chi connectivity index (χ3n) is 4.19. The van der Waals surface area contributed by atoms with Gasteiger partial charge < -0.3 is 20.6 Å². The Bertz CT molecular complexity index is 349. The number of urea groups is 1. The van der Waals surface area contributed by atoms with Crippen molar-refractivity contribution in [2.24, 2.45) is 11.8 Å². The van der Waals surface area contributed by atoms with E-state index < -0.39 is 12.0 Å². The van der Waals surface area contributed by atoms with E-state index in [0.29, 0.717) is 12.3 Å². The van der Waals surface area contributed by atoms with E-state index in [2.05, 4.69) is 29.5 Å². The molecule has 6 nitrogen and oxygen atoms in total. The second-order valence-corrected chi connectivity index (χ2v) is 5.95. The number of hydrogen-bond donors (Lipinski definition) is 3. The Labute approximate surface area is 120 Å². The molecule has 0 aromatic heterocycles. The minimum atomic E-state index is -0.981. The SMILES string of the molecule is CCC(C)C(NC(=O)NC1CCN(C)CC1C)C(=O)O. The Morgan fingerprint density at radius 3 is 2.60 bits per heavy atom. The van der Waals surface area contributed by atoms with Crippen molar-refractivity contribution in [2.45, 2.75) is 45.7 Å². The average molecular weight is 285 g/mol. The summed E-state index contributed by atoms with van der Waals surface area (Å²) < 4.78 is 0. The predicted octanol–water partition coefficient (Wildman–Crippen LogP) is 1.13. The lowest BCUT2D eigenvalue weighted by Gasteiger charge is -2.35. The van der Waals surface area contributed by atoms with Gasteiger partial charge in [0.25, 0.3) is 0 Å². The largest absolute Gasteiger partial charge is 0.480 e. The van der Waals surface area contributed by atoms with Crippen LogP contribution in [0.4, 0.5) is 4.79 Å². The zero-order valence-electron chi connectivity index (χ0n) is 12.8. The van der Waals surface area contributed by atoms with Crippen LogP contribution in [0.15, 0.2) is 0 Å². The van der Waals surface area contributed by atoms with Gasteiger partial charge in [0.05, 0.1) is 0 Å². The number of nitrogens with zero attached hydrogens (tertiary/aromatic N) is 1. The number of piperidine rings is 1. The molecule has 20 heavy (non-hydrogen) atoms. The smallest absolute Gasteiger partial charge is 0.326 e. The molecule has 0 aliphatic carbocycles. The van der Waals surface area contributed by atoms with Crippen LogP contribution in [-0.2, 0) is 4.79 Å². The van der Waals surface area contributed by atoms with E-state index in [9.17, 15) is 9.59 Å². The Morgan fingerprint density at radius 1 is 1.45 bits per heavy atom. The topological polar surface area (TPSA) is 81.7 Å². The molecule has 6 heteroatoms. The lowest BCUT2D eigenvalue weighted by Crippen LogP contribution is -2.55. The molecule has 1 rings (SSSR count). The fraction of sp³-hybridized carbons (Fsp3) is 0.857. The van der Waals surface area contributed by atoms with Crippen molar-refractivity contribution in [3.63, 3.8) is 0 Å². The minimum Gasteiger partial charge on any atom is -0.480 e. The molecule has 116 valence electrons. The standard InChI is InChI=1S/C14H27N3O3/c1-5-9(2)12(13(18)19)16-14(20)15-11-6-7-17(4)8-10(11)3/h9-12H,5-8H2,1-4H3,(H,18,19)(H2,15,16,20). The Balaban J connectivity index is 2.51. The predicted molar refractivity (Wildman–Crippen MR) is 77.6 cm³/mol. The van der Waals surface area contributed by atoms with Gasteiger partial charge in [0.1, 0.15) is 6.04 Å². The Kier molecular flexibility index (Phi) is 6.26. The van der Waals surface area contributed by atoms with E-state index in [4.69, 9.17) is 5.11 Å². The van der Waals surface area contributed by atoms with Crippen molar-refractivity contribution < 1.29 is 14.7 Å². The summed E-state index contributed by atoms with van der Waals surface area (Å²) in [5, 5.41) is 14.7. The van der Waals surface area contributed by atoms with Crippen LogP contribution in [0.3, 0.4) is 0 Å². The number of hydrogen-bond acceptors (Lipinski definition) is 3. The molecule has 1 fully saturated rings. The first kappa shape index (κ1) is 16.8. The van der Waals surface area contributed by atoms with Crippen molar-refractivity contribution in [1.29, 1.82) is 0 Å². The number of amides is 2. The van der Waals surface area contributed by atoms with Crippen LogP contribution in [0.1, 0.15) is 33.6 Å². The normalized spacial score (nSPS) is 26.6. The molecule has 0 bridgehead atoms. The van der Waals surface area contributed by atoms with E-state index in [1.165, 1.54) is 0 Å². The van der Waals surface area contributed by atoms with Gasteiger partial charge in [0, 0.05) is 12.6 Å². The van der Waals surface area contributed by atoms with Gasteiger partial charge in [-0.15, -0.1) is 0 Å². The molecule has 3 N–H and O–H groups in total. The summed E-state index contributed by atoms with van der Waals surface area (Å²) in [6.07, 6.45) is 1.61. The molecule has 0 aromatic carbocycles. The lowest BCUT2D eigenvalue weighted by atomic mass is 9.94. The number of carboxylic acid groups (broad SMARTS) is 1. The zero-order chi connectivity index (χ0) is 15.3. The third kappa shape index (κ3) is 4.67. The molecule has 4 unspecified atom stereocenters. The van der Waals surface area contributed by atoms with E-state index >= 15 is 0 Å². The summed E-state index contributed by atoms with van der Waals surface area (Å²) >= 11 is 0.